The van der Waals surface area contributed by atoms with Gasteiger partial charge in [0.25, 0.3) is 0 Å². The first-order valence-corrected chi connectivity index (χ1v) is 1.80. The minimum Gasteiger partial charge on any atom is -0.577 e. The molecule has 0 unspecified atom stereocenters. The van der Waals surface area contributed by atoms with Gasteiger partial charge in [-0.3, -0.25) is 0 Å². The van der Waals surface area contributed by atoms with Crippen LogP contribution in [0.15, 0.2) is 24.3 Å². The van der Waals surface area contributed by atoms with Gasteiger partial charge < -0.3 is 5.11 Å². The molecule has 1 rings (SSSR count). The van der Waals surface area contributed by atoms with Crippen molar-refractivity contribution in [1.29, 1.82) is 0 Å². The molecule has 0 atom stereocenters. The zero-order chi connectivity index (χ0) is 4.41. The van der Waals surface area contributed by atoms with Crippen LogP contribution in [0.2, 0.25) is 0 Å². The second kappa shape index (κ2) is 1.09. The van der Waals surface area contributed by atoms with Crippen LogP contribution >= 0.6 is 0 Å². The Bertz CT molecular complexity index is 107. The Morgan fingerprint density at radius 1 is 1.67 bits per heavy atom. The van der Waals surface area contributed by atoms with E-state index in [2.05, 4.69) is 0 Å². The molecule has 0 spiro atoms. The van der Waals surface area contributed by atoms with Gasteiger partial charge in [-0.2, -0.15) is 18.2 Å². The molecule has 0 aliphatic heterocycles. The Hall–Kier alpha value is -0.850. The van der Waals surface area contributed by atoms with Gasteiger partial charge in [0.1, 0.15) is 0 Å². The van der Waals surface area contributed by atoms with Crippen LogP contribution in [0.5, 0.6) is 5.75 Å². The minimum absolute atomic E-state index is 0.343. The SMILES string of the molecule is Oc1cc[cH-]c1. The summed E-state index contributed by atoms with van der Waals surface area (Å²) in [5, 5.41) is 8.47. The fourth-order valence-electron chi connectivity index (χ4n) is 0.364. The van der Waals surface area contributed by atoms with E-state index in [4.69, 9.17) is 5.11 Å². The van der Waals surface area contributed by atoms with Crippen molar-refractivity contribution < 1.29 is 5.11 Å². The lowest BCUT2D eigenvalue weighted by atomic mass is 10.6. The monoisotopic (exact) mass is 81.0 g/mol. The Kier molecular flexibility index (Phi) is 0.607. The van der Waals surface area contributed by atoms with Crippen LogP contribution in [0.3, 0.4) is 0 Å². The number of hydrogen-bond acceptors (Lipinski definition) is 1. The first-order chi connectivity index (χ1) is 2.89. The van der Waals surface area contributed by atoms with E-state index in [0.29, 0.717) is 5.75 Å². The highest BCUT2D eigenvalue weighted by Gasteiger charge is 1.63. The van der Waals surface area contributed by atoms with Crippen LogP contribution in [0.1, 0.15) is 0 Å². The zero-order valence-electron chi connectivity index (χ0n) is 3.26. The summed E-state index contributed by atoms with van der Waals surface area (Å²) < 4.78 is 0. The Labute approximate surface area is 36.2 Å². The van der Waals surface area contributed by atoms with E-state index >= 15 is 0 Å². The lowest BCUT2D eigenvalue weighted by Crippen LogP contribution is -1.40. The topological polar surface area (TPSA) is 20.2 Å². The maximum atomic E-state index is 8.47. The van der Waals surface area contributed by atoms with Crippen molar-refractivity contribution >= 4 is 0 Å². The summed E-state index contributed by atoms with van der Waals surface area (Å²) in [4.78, 5) is 0. The van der Waals surface area contributed by atoms with Crippen molar-refractivity contribution in [3.63, 3.8) is 0 Å². The molecule has 1 heteroatoms. The highest BCUT2D eigenvalue weighted by Crippen LogP contribution is 2.04. The largest absolute Gasteiger partial charge is 0.577 e. The van der Waals surface area contributed by atoms with Crippen molar-refractivity contribution in [2.24, 2.45) is 0 Å². The first kappa shape index (κ1) is 3.34. The second-order valence-corrected chi connectivity index (χ2v) is 1.14. The molecule has 0 radical (unpaired) electrons. The lowest BCUT2D eigenvalue weighted by molar-refractivity contribution is 0.477. The van der Waals surface area contributed by atoms with Crippen LogP contribution in [0, 0.1) is 0 Å². The summed E-state index contributed by atoms with van der Waals surface area (Å²) in [6, 6.07) is 6.85. The Balaban J connectivity index is 3.05. The predicted molar refractivity (Wildman–Crippen MR) is 23.7 cm³/mol. The highest BCUT2D eigenvalue weighted by molar-refractivity contribution is 5.20. The van der Waals surface area contributed by atoms with E-state index < -0.39 is 0 Å². The average molecular weight is 81.1 g/mol. The zero-order valence-corrected chi connectivity index (χ0v) is 3.26. The van der Waals surface area contributed by atoms with Crippen molar-refractivity contribution in [1.82, 2.24) is 0 Å². The standard InChI is InChI=1S/C5H5O/c6-5-3-1-2-4-5/h1-4,6H/q-1. The van der Waals surface area contributed by atoms with E-state index in [0.717, 1.165) is 0 Å². The molecule has 32 valence electrons. The van der Waals surface area contributed by atoms with Gasteiger partial charge in [0.15, 0.2) is 0 Å². The fourth-order valence-corrected chi connectivity index (χ4v) is 0.364. The molecule has 0 fully saturated rings. The van der Waals surface area contributed by atoms with Gasteiger partial charge in [0.2, 0.25) is 0 Å². The average Bonchev–Trinajstić information content (AvgIpc) is 1.86. The summed E-state index contributed by atoms with van der Waals surface area (Å²) >= 11 is 0. The van der Waals surface area contributed by atoms with Crippen LogP contribution in [-0.2, 0) is 0 Å². The molecule has 0 aliphatic carbocycles. The van der Waals surface area contributed by atoms with Gasteiger partial charge in [0, 0.05) is 0 Å². The lowest BCUT2D eigenvalue weighted by Gasteiger charge is -1.81. The molecule has 0 aliphatic rings. The molecule has 0 saturated heterocycles. The summed E-state index contributed by atoms with van der Waals surface area (Å²) in [5.74, 6) is 0.343. The summed E-state index contributed by atoms with van der Waals surface area (Å²) in [7, 11) is 0. The Morgan fingerprint density at radius 3 is 2.67 bits per heavy atom. The second-order valence-electron chi connectivity index (χ2n) is 1.14. The normalized spacial score (nSPS) is 8.67. The third kappa shape index (κ3) is 0.385. The smallest absolute Gasteiger partial charge is 0.0383 e. The van der Waals surface area contributed by atoms with Gasteiger partial charge in [-0.1, -0.05) is 0 Å². The molecule has 1 nitrogen and oxygen atoms in total. The summed E-state index contributed by atoms with van der Waals surface area (Å²) in [6.07, 6.45) is 0. The molecule has 0 amide bonds. The fraction of sp³-hybridized carbons (Fsp3) is 0. The minimum atomic E-state index is 0.343. The maximum Gasteiger partial charge on any atom is -0.0383 e. The number of aromatic hydroxyl groups is 1. The van der Waals surface area contributed by atoms with Gasteiger partial charge in [-0.05, 0) is 5.75 Å². The molecule has 0 heterocycles. The molecule has 1 N–H and O–H groups in total. The van der Waals surface area contributed by atoms with Gasteiger partial charge >= 0.3 is 0 Å². The first-order valence-electron chi connectivity index (χ1n) is 1.80. The summed E-state index contributed by atoms with van der Waals surface area (Å²) in [5.41, 5.74) is 0. The van der Waals surface area contributed by atoms with Crippen molar-refractivity contribution in [2.45, 2.75) is 0 Å². The highest BCUT2D eigenvalue weighted by atomic mass is 16.3. The molecule has 6 heavy (non-hydrogen) atoms. The predicted octanol–water partition coefficient (Wildman–Crippen LogP) is 1.11. The Morgan fingerprint density at radius 2 is 2.50 bits per heavy atom. The van der Waals surface area contributed by atoms with E-state index in [1.165, 1.54) is 0 Å². The number of hydrogen-bond donors (Lipinski definition) is 1. The van der Waals surface area contributed by atoms with Crippen LogP contribution in [0.25, 0.3) is 0 Å². The molecular weight excluding hydrogens is 76.1 g/mol. The van der Waals surface area contributed by atoms with Crippen molar-refractivity contribution in [3.05, 3.63) is 24.3 Å². The van der Waals surface area contributed by atoms with E-state index in [1.54, 1.807) is 24.3 Å². The molecule has 0 bridgehead atoms. The van der Waals surface area contributed by atoms with E-state index in [1.807, 2.05) is 0 Å². The maximum absolute atomic E-state index is 8.47. The van der Waals surface area contributed by atoms with Crippen molar-refractivity contribution in [3.8, 4) is 5.75 Å². The van der Waals surface area contributed by atoms with Gasteiger partial charge in [0.05, 0.1) is 0 Å². The molecule has 1 aromatic carbocycles. The third-order valence-electron chi connectivity index (χ3n) is 0.645. The van der Waals surface area contributed by atoms with Crippen LogP contribution < -0.4 is 0 Å². The van der Waals surface area contributed by atoms with E-state index in [-0.39, 0.29) is 0 Å². The van der Waals surface area contributed by atoms with Gasteiger partial charge in [-0.25, -0.2) is 0 Å². The van der Waals surface area contributed by atoms with Crippen LogP contribution in [0.4, 0.5) is 0 Å². The van der Waals surface area contributed by atoms with Crippen molar-refractivity contribution in [2.75, 3.05) is 0 Å². The molecule has 0 aromatic heterocycles. The van der Waals surface area contributed by atoms with Gasteiger partial charge in [-0.15, -0.1) is 6.07 Å². The molecule has 0 saturated carbocycles. The van der Waals surface area contributed by atoms with E-state index in [9.17, 15) is 0 Å². The quantitative estimate of drug-likeness (QED) is 0.464. The third-order valence-corrected chi connectivity index (χ3v) is 0.645. The molecule has 1 aromatic rings. The number of rotatable bonds is 0. The summed E-state index contributed by atoms with van der Waals surface area (Å²) in [6.45, 7) is 0. The van der Waals surface area contributed by atoms with Crippen LogP contribution in [-0.4, -0.2) is 5.11 Å². The molecular formula is C5H5O-.